The van der Waals surface area contributed by atoms with E-state index in [9.17, 15) is 29.4 Å². The molecule has 0 heterocycles. The van der Waals surface area contributed by atoms with E-state index in [0.29, 0.717) is 38.3 Å². The zero-order valence-electron chi connectivity index (χ0n) is 11.3. The van der Waals surface area contributed by atoms with Crippen molar-refractivity contribution in [2.75, 3.05) is 0 Å². The van der Waals surface area contributed by atoms with E-state index in [1.165, 1.54) is 0 Å². The molecule has 0 fully saturated rings. The minimum Gasteiger partial charge on any atom is -0.549 e. The summed E-state index contributed by atoms with van der Waals surface area (Å²) in [4.78, 5) is 39.8. The minimum atomic E-state index is -1.27. The molecule has 2 unspecified atom stereocenters. The molecule has 0 spiro atoms. The Labute approximate surface area is 142 Å². The van der Waals surface area contributed by atoms with Crippen LogP contribution in [-0.2, 0) is 19.2 Å². The first-order chi connectivity index (χ1) is 8.44. The summed E-state index contributed by atoms with van der Waals surface area (Å²) in [6.45, 7) is 3.64. The maximum atomic E-state index is 9.98. The van der Waals surface area contributed by atoms with Gasteiger partial charge >= 0.3 is 37.7 Å². The van der Waals surface area contributed by atoms with Crippen LogP contribution in [0.3, 0.4) is 0 Å². The zero-order chi connectivity index (χ0) is 14.6. The Hall–Kier alpha value is -0.460. The minimum absolute atomic E-state index is 0. The molecule has 0 aliphatic carbocycles. The topological polar surface area (TPSA) is 114 Å². The fraction of sp³-hybridized carbons (Fsp3) is 0.667. The molecule has 0 saturated carbocycles. The standard InChI is InChI=1S/2C6H10O3.Ca/c2*1-2-3-5(4-7)6(8)9;/h2*4-5H,2-3H2,1H3,(H,8,9);/q;;+2/p-2. The third-order valence-electron chi connectivity index (χ3n) is 2.13. The largest absolute Gasteiger partial charge is 2.00 e. The van der Waals surface area contributed by atoms with Crippen LogP contribution in [0.2, 0.25) is 0 Å². The molecule has 0 aliphatic rings. The summed E-state index contributed by atoms with van der Waals surface area (Å²) in [7, 11) is 0. The molecule has 0 aromatic heterocycles. The SMILES string of the molecule is CCCC(C=O)C(=O)[O-].CCCC(C=O)C(=O)[O-].[Ca+2]. The van der Waals surface area contributed by atoms with Crippen LogP contribution in [0.1, 0.15) is 39.5 Å². The zero-order valence-corrected chi connectivity index (χ0v) is 13.5. The molecular weight excluding hydrogens is 280 g/mol. The molecule has 7 heteroatoms. The van der Waals surface area contributed by atoms with Gasteiger partial charge in [-0.3, -0.25) is 0 Å². The van der Waals surface area contributed by atoms with Gasteiger partial charge in [-0.25, -0.2) is 0 Å². The first-order valence-corrected chi connectivity index (χ1v) is 5.76. The number of carbonyl (C=O) groups is 4. The van der Waals surface area contributed by atoms with E-state index in [0.717, 1.165) is 0 Å². The quantitative estimate of drug-likeness (QED) is 0.300. The van der Waals surface area contributed by atoms with Gasteiger partial charge < -0.3 is 29.4 Å². The molecule has 6 nitrogen and oxygen atoms in total. The number of hydrogen-bond donors (Lipinski definition) is 0. The molecule has 0 saturated heterocycles. The number of aldehydes is 2. The number of carbonyl (C=O) groups excluding carboxylic acids is 4. The summed E-state index contributed by atoms with van der Waals surface area (Å²) in [5, 5.41) is 20.0. The second kappa shape index (κ2) is 15.6. The van der Waals surface area contributed by atoms with Crippen molar-refractivity contribution in [1.82, 2.24) is 0 Å². The van der Waals surface area contributed by atoms with Gasteiger partial charge in [0.25, 0.3) is 0 Å². The number of aliphatic carboxylic acids is 2. The molecule has 0 aromatic rings. The third kappa shape index (κ3) is 13.8. The maximum absolute atomic E-state index is 9.98. The van der Waals surface area contributed by atoms with Crippen LogP contribution in [0.25, 0.3) is 0 Å². The average Bonchev–Trinajstić information content (AvgIpc) is 2.32. The van der Waals surface area contributed by atoms with Gasteiger partial charge in [0.05, 0.1) is 23.8 Å². The van der Waals surface area contributed by atoms with Gasteiger partial charge in [-0.05, 0) is 12.8 Å². The molecule has 0 bridgehead atoms. The summed E-state index contributed by atoms with van der Waals surface area (Å²) in [5.41, 5.74) is 0. The summed E-state index contributed by atoms with van der Waals surface area (Å²) < 4.78 is 0. The van der Waals surface area contributed by atoms with Crippen molar-refractivity contribution in [3.63, 3.8) is 0 Å². The van der Waals surface area contributed by atoms with Gasteiger partial charge in [-0.2, -0.15) is 0 Å². The number of carboxylic acids is 2. The second-order valence-corrected chi connectivity index (χ2v) is 3.70. The van der Waals surface area contributed by atoms with Crippen molar-refractivity contribution >= 4 is 62.2 Å². The summed E-state index contributed by atoms with van der Waals surface area (Å²) in [6, 6.07) is 0. The van der Waals surface area contributed by atoms with E-state index in [1.807, 2.05) is 13.8 Å². The fourth-order valence-electron chi connectivity index (χ4n) is 1.10. The van der Waals surface area contributed by atoms with Gasteiger partial charge in [-0.1, -0.05) is 26.7 Å². The van der Waals surface area contributed by atoms with Crippen molar-refractivity contribution in [3.8, 4) is 0 Å². The molecule has 0 amide bonds. The van der Waals surface area contributed by atoms with Crippen molar-refractivity contribution < 1.29 is 29.4 Å². The van der Waals surface area contributed by atoms with E-state index in [-0.39, 0.29) is 37.7 Å². The van der Waals surface area contributed by atoms with Crippen LogP contribution in [0.5, 0.6) is 0 Å². The van der Waals surface area contributed by atoms with E-state index < -0.39 is 23.8 Å². The van der Waals surface area contributed by atoms with Gasteiger partial charge in [0.2, 0.25) is 0 Å². The molecular formula is C12H18CaO6. The normalized spacial score (nSPS) is 11.9. The first-order valence-electron chi connectivity index (χ1n) is 5.76. The van der Waals surface area contributed by atoms with Gasteiger partial charge in [-0.15, -0.1) is 0 Å². The van der Waals surface area contributed by atoms with Crippen LogP contribution in [0.4, 0.5) is 0 Å². The monoisotopic (exact) mass is 298 g/mol. The first kappa shape index (κ1) is 23.6. The third-order valence-corrected chi connectivity index (χ3v) is 2.13. The molecule has 0 aliphatic heterocycles. The molecule has 0 aromatic carbocycles. The second-order valence-electron chi connectivity index (χ2n) is 3.70. The Bertz CT molecular complexity index is 251. The van der Waals surface area contributed by atoms with Crippen LogP contribution in [0, 0.1) is 11.8 Å². The predicted molar refractivity (Wildman–Crippen MR) is 64.7 cm³/mol. The molecule has 2 atom stereocenters. The predicted octanol–water partition coefficient (Wildman–Crippen LogP) is -1.68. The van der Waals surface area contributed by atoms with Crippen LogP contribution < -0.4 is 10.2 Å². The van der Waals surface area contributed by atoms with Gasteiger partial charge in [0.15, 0.2) is 0 Å². The van der Waals surface area contributed by atoms with E-state index in [1.54, 1.807) is 0 Å². The summed E-state index contributed by atoms with van der Waals surface area (Å²) in [6.07, 6.45) is 2.98. The van der Waals surface area contributed by atoms with Crippen LogP contribution in [-0.4, -0.2) is 62.2 Å². The molecule has 0 rings (SSSR count). The number of carboxylic acid groups (broad SMARTS) is 2. The van der Waals surface area contributed by atoms with Crippen molar-refractivity contribution in [2.24, 2.45) is 11.8 Å². The molecule has 0 radical (unpaired) electrons. The molecule has 104 valence electrons. The fourth-order valence-corrected chi connectivity index (χ4v) is 1.10. The van der Waals surface area contributed by atoms with Crippen molar-refractivity contribution in [3.05, 3.63) is 0 Å². The summed E-state index contributed by atoms with van der Waals surface area (Å²) >= 11 is 0. The molecule has 0 N–H and O–H groups in total. The Balaban J connectivity index is -0.000000256. The van der Waals surface area contributed by atoms with E-state index in [2.05, 4.69) is 0 Å². The summed E-state index contributed by atoms with van der Waals surface area (Å²) in [5.74, 6) is -4.36. The van der Waals surface area contributed by atoms with E-state index in [4.69, 9.17) is 0 Å². The molecule has 19 heavy (non-hydrogen) atoms. The Kier molecular flexibility index (Phi) is 19.4. The smallest absolute Gasteiger partial charge is 0.549 e. The van der Waals surface area contributed by atoms with Crippen LogP contribution in [0.15, 0.2) is 0 Å². The van der Waals surface area contributed by atoms with Gasteiger partial charge in [0.1, 0.15) is 12.6 Å². The van der Waals surface area contributed by atoms with Gasteiger partial charge in [0, 0.05) is 0 Å². The van der Waals surface area contributed by atoms with Crippen molar-refractivity contribution in [1.29, 1.82) is 0 Å². The van der Waals surface area contributed by atoms with Crippen molar-refractivity contribution in [2.45, 2.75) is 39.5 Å². The van der Waals surface area contributed by atoms with Crippen LogP contribution >= 0.6 is 0 Å². The Morgan fingerprint density at radius 3 is 1.21 bits per heavy atom. The average molecular weight is 298 g/mol. The Morgan fingerprint density at radius 1 is 0.895 bits per heavy atom. The Morgan fingerprint density at radius 2 is 1.16 bits per heavy atom. The number of rotatable bonds is 8. The van der Waals surface area contributed by atoms with E-state index >= 15 is 0 Å². The maximum Gasteiger partial charge on any atom is 2.00 e. The number of hydrogen-bond acceptors (Lipinski definition) is 6.